The lowest BCUT2D eigenvalue weighted by molar-refractivity contribution is -0.660. The zero-order valence-electron chi connectivity index (χ0n) is 19.2. The molecule has 0 saturated heterocycles. The fraction of sp³-hybridized carbons (Fsp3) is 0.522. The molecule has 1 aromatic carbocycles. The average Bonchev–Trinajstić information content (AvgIpc) is 2.52. The minimum atomic E-state index is -2.09. The molecule has 2 aromatic rings. The van der Waals surface area contributed by atoms with Crippen molar-refractivity contribution in [3.05, 3.63) is 52.2 Å². The quantitative estimate of drug-likeness (QED) is 0.614. The van der Waals surface area contributed by atoms with Gasteiger partial charge in [-0.05, 0) is 72.7 Å². The largest absolute Gasteiger partial charge is 0.212 e. The number of aromatic nitrogens is 1. The molecule has 0 N–H and O–H groups in total. The maximum absolute atomic E-state index is 7.77. The molecule has 0 radical (unpaired) electrons. The molecule has 0 unspecified atom stereocenters. The Morgan fingerprint density at radius 1 is 0.875 bits per heavy atom. The molecule has 1 nitrogen and oxygen atoms in total. The molecule has 0 spiro atoms. The molecule has 128 valence electrons. The Hall–Kier alpha value is -1.63. The average molecular weight is 326 g/mol. The van der Waals surface area contributed by atoms with Gasteiger partial charge in [0.25, 0.3) is 0 Å². The zero-order valence-corrected chi connectivity index (χ0v) is 16.2. The summed E-state index contributed by atoms with van der Waals surface area (Å²) in [6, 6.07) is 6.74. The van der Waals surface area contributed by atoms with Gasteiger partial charge in [0.2, 0.25) is 5.69 Å². The van der Waals surface area contributed by atoms with Gasteiger partial charge in [-0.3, -0.25) is 0 Å². The first-order valence-corrected chi connectivity index (χ1v) is 8.91. The van der Waals surface area contributed by atoms with Gasteiger partial charge in [0.1, 0.15) is 7.05 Å². The summed E-state index contributed by atoms with van der Waals surface area (Å²) in [5.74, 6) is 0. The van der Waals surface area contributed by atoms with Gasteiger partial charge >= 0.3 is 0 Å². The van der Waals surface area contributed by atoms with Gasteiger partial charge < -0.3 is 0 Å². The van der Waals surface area contributed by atoms with Crippen molar-refractivity contribution in [3.63, 3.8) is 0 Å². The van der Waals surface area contributed by atoms with E-state index in [2.05, 4.69) is 46.8 Å². The second-order valence-electron chi connectivity index (χ2n) is 8.85. The smallest absolute Gasteiger partial charge is 0.201 e. The van der Waals surface area contributed by atoms with E-state index in [0.29, 0.717) is 5.56 Å². The molecule has 0 aliphatic heterocycles. The predicted molar refractivity (Wildman–Crippen MR) is 103 cm³/mol. The van der Waals surface area contributed by atoms with Crippen molar-refractivity contribution in [3.8, 4) is 11.3 Å². The summed E-state index contributed by atoms with van der Waals surface area (Å²) >= 11 is 0. The van der Waals surface area contributed by atoms with E-state index >= 15 is 0 Å². The first-order valence-electron chi connectivity index (χ1n) is 10.4. The van der Waals surface area contributed by atoms with Gasteiger partial charge in [0.15, 0.2) is 6.20 Å². The summed E-state index contributed by atoms with van der Waals surface area (Å²) < 4.78 is 25.3. The van der Waals surface area contributed by atoms with Crippen molar-refractivity contribution in [2.75, 3.05) is 0 Å². The highest BCUT2D eigenvalue weighted by atomic mass is 14.9. The Morgan fingerprint density at radius 3 is 2.04 bits per heavy atom. The summed E-state index contributed by atoms with van der Waals surface area (Å²) in [4.78, 5) is 0. The lowest BCUT2D eigenvalue weighted by Gasteiger charge is -2.42. The summed E-state index contributed by atoms with van der Waals surface area (Å²) in [5, 5.41) is 0. The molecule has 1 heteroatoms. The van der Waals surface area contributed by atoms with E-state index in [1.54, 1.807) is 6.20 Å². The Bertz CT molecular complexity index is 905. The molecule has 0 atom stereocenters. The van der Waals surface area contributed by atoms with Crippen LogP contribution in [0.2, 0.25) is 0 Å². The fourth-order valence-electron chi connectivity index (χ4n) is 4.02. The van der Waals surface area contributed by atoms with Crippen molar-refractivity contribution in [2.24, 2.45) is 7.05 Å². The van der Waals surface area contributed by atoms with Gasteiger partial charge in [0.05, 0.1) is 0 Å². The standard InChI is InChI=1S/C23H32N/c1-15-12-21(24(8)14-17(15)3)18-13-20-19(11-16(18)2)22(4,5)9-10-23(20,6)7/h11-14H,9-10H2,1-8H3/q+1/i3D3. The highest BCUT2D eigenvalue weighted by Crippen LogP contribution is 2.47. The molecule has 1 aliphatic carbocycles. The molecular formula is C23H32N+. The summed E-state index contributed by atoms with van der Waals surface area (Å²) in [6.45, 7) is 11.3. The third kappa shape index (κ3) is 2.68. The van der Waals surface area contributed by atoms with Crippen LogP contribution < -0.4 is 4.57 Å². The van der Waals surface area contributed by atoms with Crippen molar-refractivity contribution in [2.45, 2.75) is 72.1 Å². The Morgan fingerprint density at radius 2 is 1.46 bits per heavy atom. The third-order valence-electron chi connectivity index (χ3n) is 5.95. The molecule has 24 heavy (non-hydrogen) atoms. The highest BCUT2D eigenvalue weighted by molar-refractivity contribution is 5.66. The van der Waals surface area contributed by atoms with E-state index in [1.807, 2.05) is 24.6 Å². The van der Waals surface area contributed by atoms with Crippen molar-refractivity contribution >= 4 is 0 Å². The van der Waals surface area contributed by atoms with Crippen LogP contribution in [-0.2, 0) is 17.9 Å². The lowest BCUT2D eigenvalue weighted by atomic mass is 9.62. The van der Waals surface area contributed by atoms with E-state index < -0.39 is 6.85 Å². The van der Waals surface area contributed by atoms with E-state index in [4.69, 9.17) is 4.11 Å². The number of aryl methyl sites for hydroxylation is 4. The molecule has 1 aliphatic rings. The molecule has 0 saturated carbocycles. The number of hydrogen-bond donors (Lipinski definition) is 0. The zero-order chi connectivity index (χ0) is 20.4. The van der Waals surface area contributed by atoms with Crippen LogP contribution in [0, 0.1) is 20.7 Å². The van der Waals surface area contributed by atoms with Crippen LogP contribution in [0.4, 0.5) is 0 Å². The van der Waals surface area contributed by atoms with Crippen LogP contribution in [0.15, 0.2) is 24.4 Å². The normalized spacial score (nSPS) is 20.7. The number of benzene rings is 1. The first kappa shape index (κ1) is 13.6. The molecule has 1 heterocycles. The molecule has 0 fully saturated rings. The van der Waals surface area contributed by atoms with E-state index in [1.165, 1.54) is 35.1 Å². The summed E-state index contributed by atoms with van der Waals surface area (Å²) in [6.07, 6.45) is 4.15. The summed E-state index contributed by atoms with van der Waals surface area (Å²) in [7, 11) is 1.94. The third-order valence-corrected chi connectivity index (χ3v) is 5.95. The Kier molecular flexibility index (Phi) is 3.09. The minimum absolute atomic E-state index is 0.152. The SMILES string of the molecule is [2H]C([2H])([2H])c1c[n+](C)c(-c2cc3c(cc2C)C(C)(C)CCC3(C)C)cc1C. The van der Waals surface area contributed by atoms with E-state index in [9.17, 15) is 0 Å². The van der Waals surface area contributed by atoms with Gasteiger partial charge in [0, 0.05) is 21.3 Å². The van der Waals surface area contributed by atoms with Crippen LogP contribution in [-0.4, -0.2) is 0 Å². The van der Waals surface area contributed by atoms with Crippen molar-refractivity contribution < 1.29 is 8.68 Å². The van der Waals surface area contributed by atoms with Crippen LogP contribution in [0.3, 0.4) is 0 Å². The Balaban J connectivity index is 2.24. The lowest BCUT2D eigenvalue weighted by Crippen LogP contribution is -2.35. The second-order valence-corrected chi connectivity index (χ2v) is 8.85. The number of hydrogen-bond acceptors (Lipinski definition) is 0. The summed E-state index contributed by atoms with van der Waals surface area (Å²) in [5.41, 5.74) is 7.98. The molecule has 3 rings (SSSR count). The first-order chi connectivity index (χ1) is 12.2. The van der Waals surface area contributed by atoms with Crippen LogP contribution >= 0.6 is 0 Å². The monoisotopic (exact) mass is 325 g/mol. The maximum atomic E-state index is 7.77. The molecule has 0 amide bonds. The molecule has 1 aromatic heterocycles. The van der Waals surface area contributed by atoms with Crippen LogP contribution in [0.25, 0.3) is 11.3 Å². The minimum Gasteiger partial charge on any atom is -0.201 e. The van der Waals surface area contributed by atoms with Crippen LogP contribution in [0.5, 0.6) is 0 Å². The van der Waals surface area contributed by atoms with Crippen molar-refractivity contribution in [1.29, 1.82) is 0 Å². The van der Waals surface area contributed by atoms with Gasteiger partial charge in [-0.2, -0.15) is 0 Å². The van der Waals surface area contributed by atoms with Gasteiger partial charge in [-0.25, -0.2) is 4.57 Å². The topological polar surface area (TPSA) is 3.88 Å². The van der Waals surface area contributed by atoms with E-state index in [0.717, 1.165) is 11.3 Å². The predicted octanol–water partition coefficient (Wildman–Crippen LogP) is 5.45. The number of rotatable bonds is 1. The fourth-order valence-corrected chi connectivity index (χ4v) is 4.02. The Labute approximate surface area is 152 Å². The molecular weight excluding hydrogens is 290 g/mol. The number of pyridine rings is 1. The number of fused-ring (bicyclic) bond motifs is 1. The second kappa shape index (κ2) is 5.44. The highest BCUT2D eigenvalue weighted by Gasteiger charge is 2.37. The van der Waals surface area contributed by atoms with Crippen molar-refractivity contribution in [1.82, 2.24) is 0 Å². The van der Waals surface area contributed by atoms with Gasteiger partial charge in [-0.1, -0.05) is 33.8 Å². The van der Waals surface area contributed by atoms with E-state index in [-0.39, 0.29) is 10.8 Å². The maximum Gasteiger partial charge on any atom is 0.212 e. The number of nitrogens with zero attached hydrogens (tertiary/aromatic N) is 1. The van der Waals surface area contributed by atoms with Gasteiger partial charge in [-0.15, -0.1) is 0 Å². The van der Waals surface area contributed by atoms with Crippen LogP contribution in [0.1, 0.15) is 72.5 Å². The molecule has 0 bridgehead atoms.